The van der Waals surface area contributed by atoms with E-state index in [9.17, 15) is 9.90 Å². The van der Waals surface area contributed by atoms with E-state index in [1.807, 2.05) is 18.2 Å². The van der Waals surface area contributed by atoms with Crippen molar-refractivity contribution in [2.45, 2.75) is 24.9 Å². The van der Waals surface area contributed by atoms with Gasteiger partial charge in [0.2, 0.25) is 0 Å². The van der Waals surface area contributed by atoms with Crippen LogP contribution in [0.25, 0.3) is 10.9 Å². The third-order valence-corrected chi connectivity index (χ3v) is 3.69. The van der Waals surface area contributed by atoms with E-state index in [0.717, 1.165) is 13.1 Å². The number of aromatic nitrogens is 2. The molecule has 100 valence electrons. The molecule has 0 unspecified atom stereocenters. The lowest BCUT2D eigenvalue weighted by Gasteiger charge is -2.32. The predicted molar refractivity (Wildman–Crippen MR) is 73.1 cm³/mol. The number of hydrogen-bond donors (Lipinski definition) is 3. The van der Waals surface area contributed by atoms with Gasteiger partial charge < -0.3 is 15.4 Å². The van der Waals surface area contributed by atoms with E-state index in [4.69, 9.17) is 0 Å². The van der Waals surface area contributed by atoms with Crippen LogP contribution in [0.4, 0.5) is 0 Å². The van der Waals surface area contributed by atoms with E-state index in [0.29, 0.717) is 36.0 Å². The van der Waals surface area contributed by atoms with E-state index >= 15 is 0 Å². The predicted octanol–water partition coefficient (Wildman–Crippen LogP) is 0.580. The van der Waals surface area contributed by atoms with Gasteiger partial charge in [-0.05, 0) is 38.1 Å². The van der Waals surface area contributed by atoms with Crippen LogP contribution in [-0.2, 0) is 6.42 Å². The van der Waals surface area contributed by atoms with Gasteiger partial charge >= 0.3 is 0 Å². The van der Waals surface area contributed by atoms with Gasteiger partial charge in [-0.25, -0.2) is 4.98 Å². The number of para-hydroxylation sites is 1. The molecule has 1 aromatic heterocycles. The molecule has 3 rings (SSSR count). The zero-order chi connectivity index (χ0) is 13.3. The molecule has 0 aliphatic carbocycles. The van der Waals surface area contributed by atoms with Crippen molar-refractivity contribution in [3.8, 4) is 0 Å². The minimum atomic E-state index is -0.760. The normalized spacial score (nSPS) is 18.6. The van der Waals surface area contributed by atoms with Crippen molar-refractivity contribution in [2.24, 2.45) is 0 Å². The molecule has 5 nitrogen and oxygen atoms in total. The maximum Gasteiger partial charge on any atom is 0.258 e. The number of piperidine rings is 1. The molecular formula is C14H17N3O2. The highest BCUT2D eigenvalue weighted by atomic mass is 16.3. The third-order valence-electron chi connectivity index (χ3n) is 3.69. The Balaban J connectivity index is 1.95. The average molecular weight is 259 g/mol. The highest BCUT2D eigenvalue weighted by Crippen LogP contribution is 2.21. The smallest absolute Gasteiger partial charge is 0.258 e. The zero-order valence-electron chi connectivity index (χ0n) is 10.6. The number of nitrogens with one attached hydrogen (secondary N) is 2. The van der Waals surface area contributed by atoms with Crippen LogP contribution < -0.4 is 10.9 Å². The molecule has 1 aromatic carbocycles. The Labute approximate surface area is 110 Å². The van der Waals surface area contributed by atoms with Crippen molar-refractivity contribution in [1.82, 2.24) is 15.3 Å². The molecule has 0 radical (unpaired) electrons. The maximum atomic E-state index is 12.0. The van der Waals surface area contributed by atoms with Crippen LogP contribution in [0, 0.1) is 0 Å². The molecule has 0 atom stereocenters. The molecule has 0 spiro atoms. The number of fused-ring (bicyclic) bond motifs is 1. The van der Waals surface area contributed by atoms with Crippen molar-refractivity contribution in [1.29, 1.82) is 0 Å². The van der Waals surface area contributed by atoms with Crippen LogP contribution in [0.15, 0.2) is 29.1 Å². The standard InChI is InChI=1S/C14H17N3O2/c18-13-10-3-1-2-4-11(10)16-12(17-13)9-14(19)5-7-15-8-6-14/h1-4,15,19H,5-9H2,(H,16,17,18). The molecule has 5 heteroatoms. The summed E-state index contributed by atoms with van der Waals surface area (Å²) in [5.41, 5.74) is -0.221. The first-order chi connectivity index (χ1) is 9.16. The van der Waals surface area contributed by atoms with E-state index in [2.05, 4.69) is 15.3 Å². The molecule has 2 heterocycles. The van der Waals surface area contributed by atoms with Gasteiger partial charge in [0.15, 0.2) is 0 Å². The van der Waals surface area contributed by atoms with E-state index < -0.39 is 5.60 Å². The quantitative estimate of drug-likeness (QED) is 0.737. The summed E-state index contributed by atoms with van der Waals surface area (Å²) in [5, 5.41) is 14.3. The lowest BCUT2D eigenvalue weighted by atomic mass is 9.89. The van der Waals surface area contributed by atoms with Gasteiger partial charge in [-0.3, -0.25) is 4.79 Å². The first kappa shape index (κ1) is 12.3. The summed E-state index contributed by atoms with van der Waals surface area (Å²) in [5.74, 6) is 0.563. The fourth-order valence-corrected chi connectivity index (χ4v) is 2.60. The Hall–Kier alpha value is -1.72. The lowest BCUT2D eigenvalue weighted by molar-refractivity contribution is 0.00914. The Morgan fingerprint density at radius 1 is 1.26 bits per heavy atom. The summed E-state index contributed by atoms with van der Waals surface area (Å²) in [7, 11) is 0. The van der Waals surface area contributed by atoms with Gasteiger partial charge in [0.1, 0.15) is 5.82 Å². The Bertz CT molecular complexity index is 644. The maximum absolute atomic E-state index is 12.0. The summed E-state index contributed by atoms with van der Waals surface area (Å²) in [6.45, 7) is 1.60. The molecule has 3 N–H and O–H groups in total. The molecule has 1 aliphatic heterocycles. The monoisotopic (exact) mass is 259 g/mol. The number of aromatic amines is 1. The second-order valence-electron chi connectivity index (χ2n) is 5.18. The summed E-state index contributed by atoms with van der Waals surface area (Å²) in [6, 6.07) is 7.25. The average Bonchev–Trinajstić information content (AvgIpc) is 2.39. The number of benzene rings is 1. The van der Waals surface area contributed by atoms with Crippen LogP contribution in [0.5, 0.6) is 0 Å². The highest BCUT2D eigenvalue weighted by molar-refractivity contribution is 5.77. The molecule has 1 aliphatic rings. The van der Waals surface area contributed by atoms with Gasteiger partial charge in [-0.15, -0.1) is 0 Å². The molecule has 0 amide bonds. The molecule has 19 heavy (non-hydrogen) atoms. The van der Waals surface area contributed by atoms with Crippen LogP contribution in [0.2, 0.25) is 0 Å². The summed E-state index contributed by atoms with van der Waals surface area (Å²) in [4.78, 5) is 19.2. The summed E-state index contributed by atoms with van der Waals surface area (Å²) < 4.78 is 0. The zero-order valence-corrected chi connectivity index (χ0v) is 10.6. The Kier molecular flexibility index (Phi) is 3.08. The second-order valence-corrected chi connectivity index (χ2v) is 5.18. The Morgan fingerprint density at radius 3 is 2.79 bits per heavy atom. The second kappa shape index (κ2) is 4.75. The number of hydrogen-bond acceptors (Lipinski definition) is 4. The first-order valence-electron chi connectivity index (χ1n) is 6.57. The van der Waals surface area contributed by atoms with Crippen molar-refractivity contribution < 1.29 is 5.11 Å². The number of nitrogens with zero attached hydrogens (tertiary/aromatic N) is 1. The largest absolute Gasteiger partial charge is 0.389 e. The van der Waals surface area contributed by atoms with Crippen LogP contribution in [0.1, 0.15) is 18.7 Å². The number of H-pyrrole nitrogens is 1. The van der Waals surface area contributed by atoms with E-state index in [-0.39, 0.29) is 5.56 Å². The number of rotatable bonds is 2. The molecule has 2 aromatic rings. The van der Waals surface area contributed by atoms with Crippen molar-refractivity contribution >= 4 is 10.9 Å². The van der Waals surface area contributed by atoms with E-state index in [1.165, 1.54) is 0 Å². The molecular weight excluding hydrogens is 242 g/mol. The fraction of sp³-hybridized carbons (Fsp3) is 0.429. The minimum absolute atomic E-state index is 0.141. The lowest BCUT2D eigenvalue weighted by Crippen LogP contribution is -2.44. The van der Waals surface area contributed by atoms with Gasteiger partial charge in [-0.1, -0.05) is 12.1 Å². The minimum Gasteiger partial charge on any atom is -0.389 e. The summed E-state index contributed by atoms with van der Waals surface area (Å²) >= 11 is 0. The Morgan fingerprint density at radius 2 is 2.00 bits per heavy atom. The van der Waals surface area contributed by atoms with Crippen LogP contribution in [0.3, 0.4) is 0 Å². The first-order valence-corrected chi connectivity index (χ1v) is 6.57. The van der Waals surface area contributed by atoms with Crippen LogP contribution in [-0.4, -0.2) is 33.8 Å². The van der Waals surface area contributed by atoms with Crippen molar-refractivity contribution in [3.63, 3.8) is 0 Å². The highest BCUT2D eigenvalue weighted by Gasteiger charge is 2.30. The summed E-state index contributed by atoms with van der Waals surface area (Å²) in [6.07, 6.45) is 1.77. The van der Waals surface area contributed by atoms with Crippen molar-refractivity contribution in [3.05, 3.63) is 40.4 Å². The molecule has 0 saturated carbocycles. The molecule has 0 bridgehead atoms. The van der Waals surface area contributed by atoms with Crippen molar-refractivity contribution in [2.75, 3.05) is 13.1 Å². The van der Waals surface area contributed by atoms with Crippen LogP contribution >= 0.6 is 0 Å². The molecule has 1 fully saturated rings. The van der Waals surface area contributed by atoms with Gasteiger partial charge in [0.25, 0.3) is 5.56 Å². The fourth-order valence-electron chi connectivity index (χ4n) is 2.60. The van der Waals surface area contributed by atoms with Gasteiger partial charge in [-0.2, -0.15) is 0 Å². The van der Waals surface area contributed by atoms with Gasteiger partial charge in [0, 0.05) is 6.42 Å². The molecule has 1 saturated heterocycles. The topological polar surface area (TPSA) is 78.0 Å². The third kappa shape index (κ3) is 2.52. The van der Waals surface area contributed by atoms with E-state index in [1.54, 1.807) is 6.07 Å². The SMILES string of the molecule is O=c1[nH]c(CC2(O)CCNCC2)nc2ccccc12. The van der Waals surface area contributed by atoms with Gasteiger partial charge in [0.05, 0.1) is 16.5 Å². The number of aliphatic hydroxyl groups is 1.